The fourth-order valence-corrected chi connectivity index (χ4v) is 1.05. The molecule has 29 valence electrons. The second kappa shape index (κ2) is 2.17. The van der Waals surface area contributed by atoms with Crippen molar-refractivity contribution >= 4 is 21.0 Å². The Labute approximate surface area is 45.2 Å². The van der Waals surface area contributed by atoms with Crippen molar-refractivity contribution in [3.05, 3.63) is 10.3 Å². The van der Waals surface area contributed by atoms with Gasteiger partial charge in [-0.25, -0.2) is 0 Å². The molecule has 0 aromatic rings. The molecule has 0 unspecified atom stereocenters. The molecule has 3 nitrogen and oxygen atoms in total. The quantitative estimate of drug-likeness (QED) is 0.501. The van der Waals surface area contributed by atoms with Crippen LogP contribution in [0, 0.1) is 0 Å². The monoisotopic (exact) mass is 188 g/mol. The third-order valence-corrected chi connectivity index (χ3v) is 1.81. The minimum atomic E-state index is -0.530. The first-order chi connectivity index (χ1) is 3.00. The molecule has 1 radical (unpaired) electrons. The van der Waals surface area contributed by atoms with E-state index in [0.29, 0.717) is 0 Å². The van der Waals surface area contributed by atoms with Gasteiger partial charge in [0.2, 0.25) is 0 Å². The van der Waals surface area contributed by atoms with Crippen molar-refractivity contribution in [3.8, 4) is 0 Å². The second-order valence-corrected chi connectivity index (χ2v) is 3.01. The average Bonchev–Trinajstić information content (AvgIpc) is 1.72. The van der Waals surface area contributed by atoms with E-state index < -0.39 is 21.0 Å². The van der Waals surface area contributed by atoms with Crippen molar-refractivity contribution in [2.45, 2.75) is 0 Å². The first-order valence-electron chi connectivity index (χ1n) is 1.50. The third-order valence-electron chi connectivity index (χ3n) is 0.370. The predicted molar refractivity (Wildman–Crippen MR) is 22.2 cm³/mol. The molecule has 0 fully saturated rings. The summed E-state index contributed by atoms with van der Waals surface area (Å²) in [5.74, 6) is 0. The van der Waals surface area contributed by atoms with Gasteiger partial charge < -0.3 is 0 Å². The standard InChI is InChI=1S/C2H2N3.Sn/c1-2-4-5-3;/h1-2H;. The second-order valence-electron chi connectivity index (χ2n) is 0.750. The van der Waals surface area contributed by atoms with E-state index >= 15 is 0 Å². The summed E-state index contributed by atoms with van der Waals surface area (Å²) in [6.45, 7) is 0. The van der Waals surface area contributed by atoms with E-state index in [0.717, 1.165) is 0 Å². The molecule has 0 aromatic heterocycles. The zero-order valence-electron chi connectivity index (χ0n) is 3.00. The van der Waals surface area contributed by atoms with E-state index in [1.165, 1.54) is 0 Å². The van der Waals surface area contributed by atoms with Crippen molar-refractivity contribution < 1.29 is 0 Å². The molecule has 1 aliphatic heterocycles. The van der Waals surface area contributed by atoms with Crippen LogP contribution in [-0.4, -0.2) is 21.0 Å². The Morgan fingerprint density at radius 2 is 2.50 bits per heavy atom. The Hall–Kier alpha value is -0.0613. The first kappa shape index (κ1) is 4.11. The van der Waals surface area contributed by atoms with Crippen LogP contribution in [0.15, 0.2) is 23.9 Å². The third kappa shape index (κ3) is 0.964. The van der Waals surface area contributed by atoms with E-state index in [2.05, 4.69) is 13.6 Å². The van der Waals surface area contributed by atoms with E-state index in [4.69, 9.17) is 0 Å². The average molecular weight is 187 g/mol. The molecule has 6 heavy (non-hydrogen) atoms. The van der Waals surface area contributed by atoms with Gasteiger partial charge in [0.15, 0.2) is 0 Å². The van der Waals surface area contributed by atoms with Crippen molar-refractivity contribution in [2.75, 3.05) is 0 Å². The van der Waals surface area contributed by atoms with Crippen LogP contribution in [-0.2, 0) is 0 Å². The zero-order valence-corrected chi connectivity index (χ0v) is 5.85. The van der Waals surface area contributed by atoms with Crippen molar-refractivity contribution in [1.82, 2.24) is 0 Å². The molecule has 1 rings (SSSR count). The van der Waals surface area contributed by atoms with Crippen LogP contribution < -0.4 is 0 Å². The fraction of sp³-hybridized carbons (Fsp3) is 0. The van der Waals surface area contributed by atoms with Crippen molar-refractivity contribution in [1.29, 1.82) is 0 Å². The predicted octanol–water partition coefficient (Wildman–Crippen LogP) is 0.726. The van der Waals surface area contributed by atoms with Gasteiger partial charge in [-0.1, -0.05) is 0 Å². The van der Waals surface area contributed by atoms with Crippen LogP contribution in [0.2, 0.25) is 0 Å². The Morgan fingerprint density at radius 3 is 2.67 bits per heavy atom. The number of hydrogen-bond acceptors (Lipinski definition) is 3. The Balaban J connectivity index is 2.77. The van der Waals surface area contributed by atoms with Crippen molar-refractivity contribution in [2.24, 2.45) is 13.6 Å². The molecule has 0 spiro atoms. The van der Waals surface area contributed by atoms with Gasteiger partial charge in [0, 0.05) is 0 Å². The molecular weight excluding hydrogens is 185 g/mol. The first-order valence-corrected chi connectivity index (χ1v) is 4.43. The summed E-state index contributed by atoms with van der Waals surface area (Å²) in [5.41, 5.74) is 0. The molecule has 0 aliphatic carbocycles. The molecule has 0 saturated carbocycles. The summed E-state index contributed by atoms with van der Waals surface area (Å²) in [5, 5.41) is 6.91. The van der Waals surface area contributed by atoms with Gasteiger partial charge in [-0.15, -0.1) is 0 Å². The maximum absolute atomic E-state index is 3.72. The van der Waals surface area contributed by atoms with E-state index in [1.54, 1.807) is 6.20 Å². The number of nitrogens with zero attached hydrogens (tertiary/aromatic N) is 3. The molecule has 1 aliphatic rings. The normalized spacial score (nSPS) is 16.0. The summed E-state index contributed by atoms with van der Waals surface area (Å²) in [4.78, 5) is 0. The van der Waals surface area contributed by atoms with Crippen molar-refractivity contribution in [3.63, 3.8) is 0 Å². The molecule has 0 aromatic carbocycles. The minimum absolute atomic E-state index is 0.530. The Bertz CT molecular complexity index is 78.2. The van der Waals surface area contributed by atoms with Gasteiger partial charge in [-0.3, -0.25) is 0 Å². The number of rotatable bonds is 0. The van der Waals surface area contributed by atoms with Gasteiger partial charge in [0.05, 0.1) is 0 Å². The van der Waals surface area contributed by atoms with Gasteiger partial charge in [0.1, 0.15) is 0 Å². The van der Waals surface area contributed by atoms with E-state index in [9.17, 15) is 0 Å². The molecular formula is C2H2N3Sn. The van der Waals surface area contributed by atoms with Gasteiger partial charge in [-0.2, -0.15) is 0 Å². The van der Waals surface area contributed by atoms with E-state index in [1.807, 2.05) is 4.09 Å². The SMILES string of the molecule is C1=[CH][Sn]=[N]N=N1. The van der Waals surface area contributed by atoms with Gasteiger partial charge >= 0.3 is 44.9 Å². The Kier molecular flexibility index (Phi) is 1.49. The summed E-state index contributed by atoms with van der Waals surface area (Å²) >= 11 is -0.530. The Morgan fingerprint density at radius 1 is 1.50 bits per heavy atom. The number of hydrogen-bond donors (Lipinski definition) is 0. The van der Waals surface area contributed by atoms with Gasteiger partial charge in [0.25, 0.3) is 0 Å². The van der Waals surface area contributed by atoms with Crippen LogP contribution in [0.3, 0.4) is 0 Å². The fourth-order valence-electron chi connectivity index (χ4n) is 0.181. The topological polar surface area (TPSA) is 37.1 Å². The summed E-state index contributed by atoms with van der Waals surface area (Å²) in [6.07, 6.45) is 1.71. The van der Waals surface area contributed by atoms with Crippen LogP contribution >= 0.6 is 0 Å². The molecule has 0 N–H and O–H groups in total. The summed E-state index contributed by atoms with van der Waals surface area (Å²) in [7, 11) is 0. The maximum atomic E-state index is 3.72. The van der Waals surface area contributed by atoms with Gasteiger partial charge in [-0.05, 0) is 0 Å². The molecule has 0 bridgehead atoms. The molecule has 0 atom stereocenters. The zero-order chi connectivity index (χ0) is 4.24. The molecule has 4 heteroatoms. The van der Waals surface area contributed by atoms with Crippen LogP contribution in [0.1, 0.15) is 0 Å². The van der Waals surface area contributed by atoms with Crippen LogP contribution in [0.25, 0.3) is 0 Å². The molecule has 0 saturated heterocycles. The van der Waals surface area contributed by atoms with Crippen LogP contribution in [0.5, 0.6) is 0 Å². The van der Waals surface area contributed by atoms with Crippen LogP contribution in [0.4, 0.5) is 0 Å². The summed E-state index contributed by atoms with van der Waals surface area (Å²) in [6, 6.07) is 0. The molecule has 0 amide bonds. The van der Waals surface area contributed by atoms with E-state index in [-0.39, 0.29) is 0 Å². The summed E-state index contributed by atoms with van der Waals surface area (Å²) < 4.78 is 5.73. The molecule has 1 heterocycles.